The zero-order chi connectivity index (χ0) is 13.8. The van der Waals surface area contributed by atoms with Gasteiger partial charge in [-0.2, -0.15) is 0 Å². The second-order valence-corrected chi connectivity index (χ2v) is 5.33. The minimum Gasteiger partial charge on any atom is -0.411 e. The molecule has 100 valence electrons. The van der Waals surface area contributed by atoms with Crippen LogP contribution in [0, 0.1) is 0 Å². The molecule has 2 heterocycles. The van der Waals surface area contributed by atoms with Crippen LogP contribution in [-0.2, 0) is 5.75 Å². The number of hydrogen-bond acceptors (Lipinski definition) is 5. The van der Waals surface area contributed by atoms with Crippen molar-refractivity contribution in [1.29, 1.82) is 0 Å². The third kappa shape index (κ3) is 3.18. The average Bonchev–Trinajstić information content (AvgIpc) is 2.97. The second kappa shape index (κ2) is 6.07. The van der Waals surface area contributed by atoms with Crippen molar-refractivity contribution in [3.8, 4) is 11.5 Å². The van der Waals surface area contributed by atoms with Gasteiger partial charge in [-0.3, -0.25) is 0 Å². The Hall–Kier alpha value is -1.85. The van der Waals surface area contributed by atoms with E-state index in [-0.39, 0.29) is 0 Å². The summed E-state index contributed by atoms with van der Waals surface area (Å²) in [7, 11) is 0. The molecule has 0 radical (unpaired) electrons. The smallest absolute Gasteiger partial charge is 0.277 e. The Morgan fingerprint density at radius 1 is 1.05 bits per heavy atom. The summed E-state index contributed by atoms with van der Waals surface area (Å²) in [6, 6.07) is 13.4. The lowest BCUT2D eigenvalue weighted by molar-refractivity contribution is 0.466. The molecule has 0 saturated carbocycles. The van der Waals surface area contributed by atoms with E-state index in [1.165, 1.54) is 11.8 Å². The van der Waals surface area contributed by atoms with E-state index < -0.39 is 0 Å². The van der Waals surface area contributed by atoms with Crippen molar-refractivity contribution in [2.24, 2.45) is 0 Å². The first-order valence-electron chi connectivity index (χ1n) is 5.93. The van der Waals surface area contributed by atoms with Crippen molar-refractivity contribution < 1.29 is 4.42 Å². The summed E-state index contributed by atoms with van der Waals surface area (Å²) in [6.45, 7) is 0. The van der Waals surface area contributed by atoms with Gasteiger partial charge in [-0.1, -0.05) is 47.6 Å². The van der Waals surface area contributed by atoms with E-state index in [0.717, 1.165) is 11.1 Å². The van der Waals surface area contributed by atoms with Gasteiger partial charge in [0.2, 0.25) is 5.89 Å². The molecule has 0 unspecified atom stereocenters. The normalized spacial score (nSPS) is 10.7. The number of thioether (sulfide) groups is 1. The van der Waals surface area contributed by atoms with Gasteiger partial charge in [0.15, 0.2) is 0 Å². The topological polar surface area (TPSA) is 51.8 Å². The van der Waals surface area contributed by atoms with Crippen molar-refractivity contribution in [3.05, 3.63) is 59.4 Å². The van der Waals surface area contributed by atoms with E-state index >= 15 is 0 Å². The van der Waals surface area contributed by atoms with Crippen LogP contribution in [0.15, 0.2) is 58.3 Å². The summed E-state index contributed by atoms with van der Waals surface area (Å²) in [5.41, 5.74) is 1.97. The first-order chi connectivity index (χ1) is 9.81. The number of halogens is 1. The number of nitrogens with zero attached hydrogens (tertiary/aromatic N) is 3. The quantitative estimate of drug-likeness (QED) is 0.537. The van der Waals surface area contributed by atoms with Crippen molar-refractivity contribution in [2.75, 3.05) is 0 Å². The standard InChI is InChI=1S/C14H10ClN3OS/c15-12-7-6-10(8-16-12)9-20-14-18-17-13(19-14)11-4-2-1-3-5-11/h1-8H,9H2. The highest BCUT2D eigenvalue weighted by Crippen LogP contribution is 2.25. The molecule has 0 N–H and O–H groups in total. The third-order valence-electron chi connectivity index (χ3n) is 2.58. The average molecular weight is 304 g/mol. The monoisotopic (exact) mass is 303 g/mol. The van der Waals surface area contributed by atoms with Gasteiger partial charge in [0.1, 0.15) is 5.15 Å². The molecule has 0 bridgehead atoms. The van der Waals surface area contributed by atoms with Crippen LogP contribution in [0.5, 0.6) is 0 Å². The first-order valence-corrected chi connectivity index (χ1v) is 7.30. The van der Waals surface area contributed by atoms with Crippen LogP contribution in [0.4, 0.5) is 0 Å². The third-order valence-corrected chi connectivity index (χ3v) is 3.69. The zero-order valence-electron chi connectivity index (χ0n) is 10.4. The number of benzene rings is 1. The van der Waals surface area contributed by atoms with Gasteiger partial charge in [-0.25, -0.2) is 4.98 Å². The predicted molar refractivity (Wildman–Crippen MR) is 78.5 cm³/mol. The van der Waals surface area contributed by atoms with E-state index in [0.29, 0.717) is 22.0 Å². The molecule has 0 fully saturated rings. The van der Waals surface area contributed by atoms with E-state index in [9.17, 15) is 0 Å². The van der Waals surface area contributed by atoms with E-state index in [1.54, 1.807) is 12.3 Å². The van der Waals surface area contributed by atoms with Crippen molar-refractivity contribution >= 4 is 23.4 Å². The predicted octanol–water partition coefficient (Wildman–Crippen LogP) is 4.08. The molecule has 2 aromatic heterocycles. The highest BCUT2D eigenvalue weighted by molar-refractivity contribution is 7.98. The molecular weight excluding hydrogens is 294 g/mol. The number of hydrogen-bond donors (Lipinski definition) is 0. The molecule has 0 aliphatic heterocycles. The number of rotatable bonds is 4. The summed E-state index contributed by atoms with van der Waals surface area (Å²) < 4.78 is 5.61. The van der Waals surface area contributed by atoms with Crippen LogP contribution in [0.3, 0.4) is 0 Å². The fraction of sp³-hybridized carbons (Fsp3) is 0.0714. The minimum atomic E-state index is 0.489. The maximum Gasteiger partial charge on any atom is 0.277 e. The number of aromatic nitrogens is 3. The second-order valence-electron chi connectivity index (χ2n) is 4.02. The largest absolute Gasteiger partial charge is 0.411 e. The van der Waals surface area contributed by atoms with Crippen LogP contribution in [0.2, 0.25) is 5.15 Å². The molecule has 1 aromatic carbocycles. The molecule has 20 heavy (non-hydrogen) atoms. The molecule has 0 aliphatic carbocycles. The maximum absolute atomic E-state index is 5.74. The van der Waals surface area contributed by atoms with E-state index in [4.69, 9.17) is 16.0 Å². The molecule has 6 heteroatoms. The molecule has 0 aliphatic rings. The highest BCUT2D eigenvalue weighted by atomic mass is 35.5. The van der Waals surface area contributed by atoms with Gasteiger partial charge < -0.3 is 4.42 Å². The maximum atomic E-state index is 5.74. The highest BCUT2D eigenvalue weighted by Gasteiger charge is 2.08. The fourth-order valence-electron chi connectivity index (χ4n) is 1.60. The number of pyridine rings is 1. The summed E-state index contributed by atoms with van der Waals surface area (Å²) in [4.78, 5) is 4.03. The van der Waals surface area contributed by atoms with Crippen molar-refractivity contribution in [2.45, 2.75) is 11.0 Å². The summed E-state index contributed by atoms with van der Waals surface area (Å²) >= 11 is 7.21. The summed E-state index contributed by atoms with van der Waals surface area (Å²) in [5, 5.41) is 9.09. The van der Waals surface area contributed by atoms with Gasteiger partial charge in [0.05, 0.1) is 0 Å². The Kier molecular flexibility index (Phi) is 3.99. The SMILES string of the molecule is Clc1ccc(CSc2nnc(-c3ccccc3)o2)cn1. The van der Waals surface area contributed by atoms with Gasteiger partial charge in [0.25, 0.3) is 5.22 Å². The Bertz CT molecular complexity index is 685. The minimum absolute atomic E-state index is 0.489. The summed E-state index contributed by atoms with van der Waals surface area (Å²) in [5.74, 6) is 1.24. The van der Waals surface area contributed by atoms with Crippen LogP contribution >= 0.6 is 23.4 Å². The molecule has 0 amide bonds. The Morgan fingerprint density at radius 2 is 1.90 bits per heavy atom. The van der Waals surface area contributed by atoms with Gasteiger partial charge in [-0.15, -0.1) is 10.2 Å². The van der Waals surface area contributed by atoms with Crippen LogP contribution < -0.4 is 0 Å². The van der Waals surface area contributed by atoms with Crippen LogP contribution in [-0.4, -0.2) is 15.2 Å². The van der Waals surface area contributed by atoms with Crippen molar-refractivity contribution in [3.63, 3.8) is 0 Å². The van der Waals surface area contributed by atoms with Crippen LogP contribution in [0.1, 0.15) is 5.56 Å². The lowest BCUT2D eigenvalue weighted by Crippen LogP contribution is -1.83. The van der Waals surface area contributed by atoms with E-state index in [1.807, 2.05) is 36.4 Å². The Balaban J connectivity index is 1.67. The fourth-order valence-corrected chi connectivity index (χ4v) is 2.41. The Labute approximate surface area is 125 Å². The lowest BCUT2D eigenvalue weighted by atomic mass is 10.2. The van der Waals surface area contributed by atoms with Gasteiger partial charge in [0, 0.05) is 17.5 Å². The van der Waals surface area contributed by atoms with E-state index in [2.05, 4.69) is 15.2 Å². The van der Waals surface area contributed by atoms with Gasteiger partial charge >= 0.3 is 0 Å². The first kappa shape index (κ1) is 13.1. The molecule has 0 saturated heterocycles. The molecule has 0 spiro atoms. The van der Waals surface area contributed by atoms with Crippen LogP contribution in [0.25, 0.3) is 11.5 Å². The molecule has 0 atom stereocenters. The van der Waals surface area contributed by atoms with Crippen molar-refractivity contribution in [1.82, 2.24) is 15.2 Å². The lowest BCUT2D eigenvalue weighted by Gasteiger charge is -1.97. The molecule has 3 rings (SSSR count). The Morgan fingerprint density at radius 3 is 2.65 bits per heavy atom. The zero-order valence-corrected chi connectivity index (χ0v) is 11.9. The molecule has 4 nitrogen and oxygen atoms in total. The molecular formula is C14H10ClN3OS. The van der Waals surface area contributed by atoms with Gasteiger partial charge in [-0.05, 0) is 23.8 Å². The summed E-state index contributed by atoms with van der Waals surface area (Å²) in [6.07, 6.45) is 1.74. The molecule has 3 aromatic rings.